The normalized spacial score (nSPS) is 13.3. The zero-order valence-electron chi connectivity index (χ0n) is 30.4. The van der Waals surface area contributed by atoms with Gasteiger partial charge in [-0.05, 0) is 65.6 Å². The van der Waals surface area contributed by atoms with E-state index >= 15 is 0 Å². The van der Waals surface area contributed by atoms with Gasteiger partial charge in [-0.25, -0.2) is 4.79 Å². The summed E-state index contributed by atoms with van der Waals surface area (Å²) < 4.78 is 10.6. The largest absolute Gasteiger partial charge is 0.465 e. The molecule has 0 aliphatic carbocycles. The summed E-state index contributed by atoms with van der Waals surface area (Å²) >= 11 is 2.71. The molecule has 3 N–H and O–H groups in total. The van der Waals surface area contributed by atoms with E-state index in [1.54, 1.807) is 60.7 Å². The van der Waals surface area contributed by atoms with Crippen LogP contribution >= 0.6 is 23.1 Å². The van der Waals surface area contributed by atoms with Gasteiger partial charge in [-0.2, -0.15) is 0 Å². The van der Waals surface area contributed by atoms with Gasteiger partial charge in [0.1, 0.15) is 21.7 Å². The molecule has 0 saturated carbocycles. The van der Waals surface area contributed by atoms with Crippen LogP contribution in [-0.4, -0.2) is 42.2 Å². The molecule has 56 heavy (non-hydrogen) atoms. The molecular formula is C44H38N4O6S2. The fraction of sp³-hybridized carbons (Fsp3) is 0.136. The summed E-state index contributed by atoms with van der Waals surface area (Å²) in [5, 5.41) is 8.41. The van der Waals surface area contributed by atoms with Crippen molar-refractivity contribution in [2.24, 2.45) is 0 Å². The number of thiophene rings is 1. The van der Waals surface area contributed by atoms with Gasteiger partial charge in [0.2, 0.25) is 5.91 Å². The number of nitrogens with one attached hydrogen (secondary N) is 3. The summed E-state index contributed by atoms with van der Waals surface area (Å²) in [6.07, 6.45) is 3.59. The molecule has 1 unspecified atom stereocenters. The lowest BCUT2D eigenvalue weighted by atomic mass is 10.0. The first-order valence-electron chi connectivity index (χ1n) is 17.9. The monoisotopic (exact) mass is 782 g/mol. The molecule has 3 heterocycles. The van der Waals surface area contributed by atoms with Gasteiger partial charge in [-0.3, -0.25) is 19.3 Å². The highest BCUT2D eigenvalue weighted by Gasteiger charge is 2.31. The Balaban J connectivity index is 1.11. The van der Waals surface area contributed by atoms with Crippen molar-refractivity contribution in [3.05, 3.63) is 178 Å². The molecule has 2 aromatic heterocycles. The number of furan rings is 1. The van der Waals surface area contributed by atoms with E-state index in [2.05, 4.69) is 33.0 Å². The third-order valence-electron chi connectivity index (χ3n) is 9.06. The SMILES string of the molecule is COC(=O)c1c(NC(=O)C(Sc2cccc(NC(=O)/C(=C/c3ccco3)NC(=O)c3ccccc3)c2)c2ccccc2)sc2c1CCN(Cc1ccccc1)C2. The molecule has 12 heteroatoms. The maximum absolute atomic E-state index is 14.3. The highest BCUT2D eigenvalue weighted by molar-refractivity contribution is 8.00. The maximum atomic E-state index is 14.3. The Morgan fingerprint density at radius 3 is 2.32 bits per heavy atom. The van der Waals surface area contributed by atoms with Crippen LogP contribution in [0.15, 0.2) is 149 Å². The van der Waals surface area contributed by atoms with Crippen LogP contribution in [0.3, 0.4) is 0 Å². The van der Waals surface area contributed by atoms with Crippen molar-refractivity contribution >= 4 is 63.6 Å². The summed E-state index contributed by atoms with van der Waals surface area (Å²) in [5.41, 5.74) is 4.10. The number of carbonyl (C=O) groups is 4. The van der Waals surface area contributed by atoms with E-state index in [1.165, 1.54) is 48.1 Å². The van der Waals surface area contributed by atoms with E-state index in [9.17, 15) is 19.2 Å². The van der Waals surface area contributed by atoms with Gasteiger partial charge >= 0.3 is 5.97 Å². The number of anilines is 2. The Hall–Kier alpha value is -6.21. The van der Waals surface area contributed by atoms with E-state index in [1.807, 2.05) is 54.6 Å². The Labute approximate surface area is 332 Å². The number of fused-ring (bicyclic) bond motifs is 1. The van der Waals surface area contributed by atoms with E-state index in [4.69, 9.17) is 9.15 Å². The first kappa shape index (κ1) is 38.1. The summed E-state index contributed by atoms with van der Waals surface area (Å²) in [4.78, 5) is 58.2. The van der Waals surface area contributed by atoms with Gasteiger partial charge in [0.15, 0.2) is 0 Å². The van der Waals surface area contributed by atoms with Gasteiger partial charge < -0.3 is 25.1 Å². The van der Waals surface area contributed by atoms with Gasteiger partial charge in [0.05, 0.1) is 18.9 Å². The predicted octanol–water partition coefficient (Wildman–Crippen LogP) is 8.57. The van der Waals surface area contributed by atoms with Crippen molar-refractivity contribution in [2.45, 2.75) is 29.7 Å². The number of methoxy groups -OCH3 is 1. The van der Waals surface area contributed by atoms with E-state index in [0.717, 1.165) is 29.1 Å². The van der Waals surface area contributed by atoms with Crippen LogP contribution in [0.2, 0.25) is 0 Å². The summed E-state index contributed by atoms with van der Waals surface area (Å²) in [7, 11) is 1.35. The quantitative estimate of drug-likeness (QED) is 0.0604. The standard InChI is InChI=1S/C44H38N4O6S2/c1-53-44(52)38-35-22-23-48(27-29-13-5-2-6-14-29)28-37(35)56-43(38)47-42(51)39(30-15-7-3-8-16-30)55-34-21-11-19-32(25-34)45-41(50)36(26-33-20-12-24-54-33)46-40(49)31-17-9-4-10-18-31/h2-21,24-26,39H,22-23,27-28H2,1H3,(H,45,50)(H,46,49)(H,47,51)/b36-26-. The second kappa shape index (κ2) is 17.9. The number of esters is 1. The Morgan fingerprint density at radius 1 is 0.875 bits per heavy atom. The average molecular weight is 783 g/mol. The van der Waals surface area contributed by atoms with Gasteiger partial charge in [0.25, 0.3) is 11.8 Å². The lowest BCUT2D eigenvalue weighted by Crippen LogP contribution is -2.30. The number of hydrogen-bond acceptors (Lipinski definition) is 9. The number of carbonyl (C=O) groups excluding carboxylic acids is 4. The average Bonchev–Trinajstić information content (AvgIpc) is 3.88. The zero-order chi connectivity index (χ0) is 38.9. The van der Waals surface area contributed by atoms with Crippen LogP contribution in [0.4, 0.5) is 10.7 Å². The van der Waals surface area contributed by atoms with Crippen LogP contribution < -0.4 is 16.0 Å². The maximum Gasteiger partial charge on any atom is 0.341 e. The molecule has 0 radical (unpaired) electrons. The topological polar surface area (TPSA) is 130 Å². The fourth-order valence-corrected chi connectivity index (χ4v) is 8.72. The lowest BCUT2D eigenvalue weighted by Gasteiger charge is -2.27. The molecular weight excluding hydrogens is 745 g/mol. The number of rotatable bonds is 13. The molecule has 3 amide bonds. The van der Waals surface area contributed by atoms with Crippen molar-refractivity contribution < 1.29 is 28.3 Å². The van der Waals surface area contributed by atoms with E-state index < -0.39 is 23.0 Å². The summed E-state index contributed by atoms with van der Waals surface area (Å²) in [6.45, 7) is 2.20. The first-order valence-corrected chi connectivity index (χ1v) is 19.6. The first-order chi connectivity index (χ1) is 27.3. The second-order valence-corrected chi connectivity index (χ2v) is 15.2. The molecule has 0 spiro atoms. The van der Waals surface area contributed by atoms with Crippen molar-refractivity contribution in [1.82, 2.24) is 10.2 Å². The summed E-state index contributed by atoms with van der Waals surface area (Å²) in [6, 6.07) is 38.7. The van der Waals surface area contributed by atoms with Crippen molar-refractivity contribution in [3.63, 3.8) is 0 Å². The molecule has 1 aliphatic rings. The molecule has 0 bridgehead atoms. The molecule has 1 aliphatic heterocycles. The van der Waals surface area contributed by atoms with Gasteiger partial charge in [0, 0.05) is 46.7 Å². The number of benzene rings is 4. The number of ether oxygens (including phenoxy) is 1. The zero-order valence-corrected chi connectivity index (χ0v) is 32.0. The van der Waals surface area contributed by atoms with Crippen LogP contribution in [0.5, 0.6) is 0 Å². The Bertz CT molecular complexity index is 2350. The molecule has 4 aromatic carbocycles. The lowest BCUT2D eigenvalue weighted by molar-refractivity contribution is -0.116. The molecule has 10 nitrogen and oxygen atoms in total. The van der Waals surface area contributed by atoms with E-state index in [0.29, 0.717) is 45.4 Å². The molecule has 1 atom stereocenters. The predicted molar refractivity (Wildman–Crippen MR) is 219 cm³/mol. The molecule has 282 valence electrons. The molecule has 0 saturated heterocycles. The highest BCUT2D eigenvalue weighted by Crippen LogP contribution is 2.41. The van der Waals surface area contributed by atoms with Gasteiger partial charge in [-0.1, -0.05) is 84.9 Å². The minimum atomic E-state index is -0.721. The molecule has 7 rings (SSSR count). The van der Waals surface area contributed by atoms with Crippen LogP contribution in [0, 0.1) is 0 Å². The van der Waals surface area contributed by atoms with Gasteiger partial charge in [-0.15, -0.1) is 23.1 Å². The number of amides is 3. The summed E-state index contributed by atoms with van der Waals surface area (Å²) in [5.74, 6) is -1.43. The third-order valence-corrected chi connectivity index (χ3v) is 11.4. The number of thioether (sulfide) groups is 1. The molecule has 0 fully saturated rings. The van der Waals surface area contributed by atoms with Crippen molar-refractivity contribution in [2.75, 3.05) is 24.3 Å². The van der Waals surface area contributed by atoms with Crippen LogP contribution in [0.1, 0.15) is 53.3 Å². The third kappa shape index (κ3) is 9.35. The van der Waals surface area contributed by atoms with Crippen LogP contribution in [0.25, 0.3) is 6.08 Å². The number of nitrogens with zero attached hydrogens (tertiary/aromatic N) is 1. The van der Waals surface area contributed by atoms with Crippen molar-refractivity contribution in [3.8, 4) is 0 Å². The Morgan fingerprint density at radius 2 is 1.61 bits per heavy atom. The minimum absolute atomic E-state index is 0.0170. The Kier molecular flexibility index (Phi) is 12.2. The van der Waals surface area contributed by atoms with Crippen molar-refractivity contribution in [1.29, 1.82) is 0 Å². The molecule has 6 aromatic rings. The van der Waals surface area contributed by atoms with E-state index in [-0.39, 0.29) is 11.6 Å². The fourth-order valence-electron chi connectivity index (χ4n) is 6.36. The smallest absolute Gasteiger partial charge is 0.341 e. The minimum Gasteiger partial charge on any atom is -0.465 e. The highest BCUT2D eigenvalue weighted by atomic mass is 32.2. The second-order valence-electron chi connectivity index (χ2n) is 12.9. The number of hydrogen-bond donors (Lipinski definition) is 3. The van der Waals surface area contributed by atoms with Crippen LogP contribution in [-0.2, 0) is 33.8 Å².